The second-order valence-electron chi connectivity index (χ2n) is 15.1. The second-order valence-corrected chi connectivity index (χ2v) is 19.3. The average molecular weight is 998 g/mol. The van der Waals surface area contributed by atoms with Gasteiger partial charge in [0.25, 0.3) is 0 Å². The van der Waals surface area contributed by atoms with Gasteiger partial charge in [0.1, 0.15) is 5.75 Å². The number of hydrogen-bond acceptors (Lipinski definition) is 9. The first-order chi connectivity index (χ1) is 31.1. The fraction of sp³-hybridized carbons (Fsp3) is 0.280. The van der Waals surface area contributed by atoms with Crippen LogP contribution in [0.4, 0.5) is 5.69 Å². The first-order valence-electron chi connectivity index (χ1n) is 21.1. The SMILES string of the molecule is Cc1cccc(C)c1Sc1ccc(N2CCOCC2)cc1.Clc1cc(C2CNCCO2)ccc1Oc1c(Cl)cccc1Cl.Clc1cccc(Sc2ccc(C3CNCCO3)cc2)c1Cl. The van der Waals surface area contributed by atoms with Crippen molar-refractivity contribution in [2.24, 2.45) is 0 Å². The topological polar surface area (TPSA) is 64.2 Å². The van der Waals surface area contributed by atoms with Gasteiger partial charge in [-0.15, -0.1) is 0 Å². The molecule has 3 fully saturated rings. The highest BCUT2D eigenvalue weighted by molar-refractivity contribution is 7.99. The molecule has 2 unspecified atom stereocenters. The summed E-state index contributed by atoms with van der Waals surface area (Å²) in [6.45, 7) is 12.9. The summed E-state index contributed by atoms with van der Waals surface area (Å²) in [5.41, 5.74) is 6.19. The zero-order valence-electron chi connectivity index (χ0n) is 35.6. The molecule has 0 spiro atoms. The highest BCUT2D eigenvalue weighted by atomic mass is 35.5. The third-order valence-electron chi connectivity index (χ3n) is 10.6. The van der Waals surface area contributed by atoms with Crippen molar-refractivity contribution < 1.29 is 18.9 Å². The summed E-state index contributed by atoms with van der Waals surface area (Å²) in [6, 6.07) is 40.2. The molecule has 9 rings (SSSR count). The predicted octanol–water partition coefficient (Wildman–Crippen LogP) is 14.2. The molecule has 64 heavy (non-hydrogen) atoms. The largest absolute Gasteiger partial charge is 0.453 e. The number of nitrogens with zero attached hydrogens (tertiary/aromatic N) is 1. The molecule has 0 radical (unpaired) electrons. The summed E-state index contributed by atoms with van der Waals surface area (Å²) in [4.78, 5) is 7.15. The van der Waals surface area contributed by atoms with Gasteiger partial charge in [0, 0.05) is 64.5 Å². The number of benzene rings is 6. The van der Waals surface area contributed by atoms with Crippen LogP contribution in [0.3, 0.4) is 0 Å². The Morgan fingerprint density at radius 3 is 1.73 bits per heavy atom. The molecule has 14 heteroatoms. The van der Waals surface area contributed by atoms with Crippen LogP contribution in [-0.2, 0) is 14.2 Å². The number of halogens is 5. The Labute approximate surface area is 410 Å². The standard InChI is InChI=1S/C18H21NOS.C16H14Cl3NO2.C16H15Cl2NOS/c1-14-4-3-5-15(2)18(14)21-17-8-6-16(7-9-17)19-10-12-20-13-11-19;17-11-2-1-3-12(18)16(11)22-14-5-4-10(8-13(14)19)15-9-20-6-7-21-15;17-13-2-1-3-15(16(13)18)21-12-6-4-11(5-7-12)14-10-19-8-9-20-14/h3-9H,10-13H2,1-2H3;1-5,8,15,20H,6-7,9H2;1-7,14,19H,8-10H2. The van der Waals surface area contributed by atoms with Crippen LogP contribution >= 0.6 is 81.5 Å². The minimum atomic E-state index is 0.00389. The zero-order valence-corrected chi connectivity index (χ0v) is 41.0. The Kier molecular flexibility index (Phi) is 18.7. The van der Waals surface area contributed by atoms with Crippen LogP contribution in [0.15, 0.2) is 141 Å². The molecule has 0 aliphatic carbocycles. The fourth-order valence-corrected chi connectivity index (χ4v) is 10.1. The van der Waals surface area contributed by atoms with E-state index in [0.717, 1.165) is 74.4 Å². The first kappa shape index (κ1) is 48.8. The van der Waals surface area contributed by atoms with E-state index in [0.29, 0.717) is 43.2 Å². The van der Waals surface area contributed by atoms with Crippen LogP contribution in [-0.4, -0.2) is 65.7 Å². The zero-order chi connectivity index (χ0) is 44.8. The molecule has 7 nitrogen and oxygen atoms in total. The van der Waals surface area contributed by atoms with Gasteiger partial charge in [0.05, 0.1) is 63.7 Å². The quantitative estimate of drug-likeness (QED) is 0.147. The Hall–Kier alpha value is -3.13. The second kappa shape index (κ2) is 24.6. The molecule has 3 saturated heterocycles. The van der Waals surface area contributed by atoms with Crippen LogP contribution in [0.25, 0.3) is 0 Å². The van der Waals surface area contributed by atoms with E-state index in [1.807, 2.05) is 36.0 Å². The van der Waals surface area contributed by atoms with Crippen LogP contribution < -0.4 is 20.3 Å². The van der Waals surface area contributed by atoms with Crippen molar-refractivity contribution in [1.29, 1.82) is 0 Å². The van der Waals surface area contributed by atoms with Gasteiger partial charge in [-0.1, -0.05) is 130 Å². The maximum atomic E-state index is 6.32. The predicted molar refractivity (Wildman–Crippen MR) is 268 cm³/mol. The van der Waals surface area contributed by atoms with E-state index in [9.17, 15) is 0 Å². The monoisotopic (exact) mass is 995 g/mol. The van der Waals surface area contributed by atoms with Gasteiger partial charge in [-0.2, -0.15) is 0 Å². The fourth-order valence-electron chi connectivity index (χ4n) is 7.11. The molecule has 0 bridgehead atoms. The Morgan fingerprint density at radius 2 is 1.12 bits per heavy atom. The van der Waals surface area contributed by atoms with Crippen molar-refractivity contribution in [2.45, 2.75) is 45.6 Å². The number of ether oxygens (including phenoxy) is 4. The third kappa shape index (κ3) is 13.7. The van der Waals surface area contributed by atoms with Gasteiger partial charge in [-0.3, -0.25) is 0 Å². The summed E-state index contributed by atoms with van der Waals surface area (Å²) in [7, 11) is 0. The molecular formula is C50H50Cl5N3O4S2. The molecule has 0 amide bonds. The number of hydrogen-bond donors (Lipinski definition) is 2. The van der Waals surface area contributed by atoms with Gasteiger partial charge in [0.15, 0.2) is 5.75 Å². The highest BCUT2D eigenvalue weighted by Gasteiger charge is 2.19. The molecule has 6 aromatic rings. The van der Waals surface area contributed by atoms with E-state index in [4.69, 9.17) is 77.0 Å². The van der Waals surface area contributed by atoms with Crippen molar-refractivity contribution in [1.82, 2.24) is 10.6 Å². The van der Waals surface area contributed by atoms with Crippen molar-refractivity contribution in [2.75, 3.05) is 70.6 Å². The van der Waals surface area contributed by atoms with Gasteiger partial charge in [0.2, 0.25) is 0 Å². The summed E-state index contributed by atoms with van der Waals surface area (Å²) >= 11 is 34.2. The highest BCUT2D eigenvalue weighted by Crippen LogP contribution is 2.40. The van der Waals surface area contributed by atoms with Crippen molar-refractivity contribution in [3.8, 4) is 11.5 Å². The molecule has 2 atom stereocenters. The lowest BCUT2D eigenvalue weighted by molar-refractivity contribution is 0.0276. The number of para-hydroxylation sites is 1. The van der Waals surface area contributed by atoms with E-state index < -0.39 is 0 Å². The Morgan fingerprint density at radius 1 is 0.578 bits per heavy atom. The number of aryl methyl sites for hydroxylation is 2. The summed E-state index contributed by atoms with van der Waals surface area (Å²) in [6.07, 6.45) is 0.150. The van der Waals surface area contributed by atoms with E-state index in [-0.39, 0.29) is 12.2 Å². The smallest absolute Gasteiger partial charge is 0.164 e. The summed E-state index contributed by atoms with van der Waals surface area (Å²) < 4.78 is 22.6. The van der Waals surface area contributed by atoms with Crippen molar-refractivity contribution in [3.63, 3.8) is 0 Å². The van der Waals surface area contributed by atoms with Crippen LogP contribution in [0.5, 0.6) is 11.5 Å². The van der Waals surface area contributed by atoms with E-state index in [1.165, 1.54) is 32.2 Å². The van der Waals surface area contributed by atoms with E-state index in [1.54, 1.807) is 42.1 Å². The van der Waals surface area contributed by atoms with Gasteiger partial charge in [-0.05, 0) is 109 Å². The molecule has 0 saturated carbocycles. The number of anilines is 1. The minimum absolute atomic E-state index is 0.00389. The summed E-state index contributed by atoms with van der Waals surface area (Å²) in [5, 5.41) is 9.18. The van der Waals surface area contributed by atoms with E-state index in [2.05, 4.69) is 96.1 Å². The van der Waals surface area contributed by atoms with Crippen LogP contribution in [0.1, 0.15) is 34.5 Å². The number of morpholine rings is 3. The average Bonchev–Trinajstić information content (AvgIpc) is 3.33. The maximum Gasteiger partial charge on any atom is 0.164 e. The Balaban J connectivity index is 0.000000144. The number of rotatable bonds is 9. The molecular weight excluding hydrogens is 948 g/mol. The first-order valence-corrected chi connectivity index (χ1v) is 24.6. The van der Waals surface area contributed by atoms with Gasteiger partial charge >= 0.3 is 0 Å². The Bertz CT molecular complexity index is 2390. The summed E-state index contributed by atoms with van der Waals surface area (Å²) in [5.74, 6) is 0.903. The lowest BCUT2D eigenvalue weighted by Crippen LogP contribution is -2.36. The van der Waals surface area contributed by atoms with Gasteiger partial charge in [-0.25, -0.2) is 0 Å². The third-order valence-corrected chi connectivity index (χ3v) is 14.8. The molecule has 6 aromatic carbocycles. The molecule has 3 heterocycles. The lowest BCUT2D eigenvalue weighted by atomic mass is 10.1. The lowest BCUT2D eigenvalue weighted by Gasteiger charge is -2.28. The number of nitrogens with one attached hydrogen (secondary N) is 2. The van der Waals surface area contributed by atoms with Crippen LogP contribution in [0.2, 0.25) is 25.1 Å². The maximum absolute atomic E-state index is 6.32. The normalized spacial score (nSPS) is 17.4. The molecule has 0 aromatic heterocycles. The van der Waals surface area contributed by atoms with E-state index >= 15 is 0 Å². The van der Waals surface area contributed by atoms with Crippen molar-refractivity contribution in [3.05, 3.63) is 169 Å². The van der Waals surface area contributed by atoms with Gasteiger partial charge < -0.3 is 34.5 Å². The molecule has 3 aliphatic rings. The van der Waals surface area contributed by atoms with Crippen LogP contribution in [0, 0.1) is 13.8 Å². The molecule has 2 N–H and O–H groups in total. The van der Waals surface area contributed by atoms with Crippen molar-refractivity contribution >= 4 is 87.2 Å². The molecule has 3 aliphatic heterocycles. The molecule has 336 valence electrons. The minimum Gasteiger partial charge on any atom is -0.453 e.